The first-order chi connectivity index (χ1) is 19.1. The number of hydrogen-bond acceptors (Lipinski definition) is 8. The van der Waals surface area contributed by atoms with Gasteiger partial charge in [0.2, 0.25) is 0 Å². The lowest BCUT2D eigenvalue weighted by atomic mass is 10.1. The van der Waals surface area contributed by atoms with E-state index in [4.69, 9.17) is 26.3 Å². The molecule has 2 saturated heterocycles. The molecule has 3 aliphatic rings. The van der Waals surface area contributed by atoms with E-state index >= 15 is 0 Å². The van der Waals surface area contributed by atoms with Crippen LogP contribution in [-0.4, -0.2) is 73.3 Å². The van der Waals surface area contributed by atoms with Gasteiger partial charge >= 0.3 is 6.01 Å². The summed E-state index contributed by atoms with van der Waals surface area (Å²) >= 11 is 6.72. The molecule has 0 unspecified atom stereocenters. The summed E-state index contributed by atoms with van der Waals surface area (Å²) in [4.78, 5) is 17.1. The Morgan fingerprint density at radius 2 is 1.97 bits per heavy atom. The van der Waals surface area contributed by atoms with Crippen molar-refractivity contribution in [2.45, 2.75) is 50.7 Å². The van der Waals surface area contributed by atoms with Gasteiger partial charge in [-0.1, -0.05) is 35.9 Å². The third-order valence-electron chi connectivity index (χ3n) is 8.39. The average Bonchev–Trinajstić information content (AvgIpc) is 3.24. The van der Waals surface area contributed by atoms with Crippen LogP contribution in [-0.2, 0) is 13.0 Å². The number of aromatic nitrogens is 2. The van der Waals surface area contributed by atoms with Crippen molar-refractivity contribution in [2.75, 3.05) is 56.2 Å². The third-order valence-corrected chi connectivity index (χ3v) is 8.70. The lowest BCUT2D eigenvalue weighted by Crippen LogP contribution is -2.51. The predicted octanol–water partition coefficient (Wildman–Crippen LogP) is 4.40. The Morgan fingerprint density at radius 3 is 2.79 bits per heavy atom. The van der Waals surface area contributed by atoms with Gasteiger partial charge in [-0.25, -0.2) is 0 Å². The van der Waals surface area contributed by atoms with E-state index in [9.17, 15) is 5.26 Å². The molecule has 8 nitrogen and oxygen atoms in total. The van der Waals surface area contributed by atoms with Crippen LogP contribution in [0.15, 0.2) is 36.4 Å². The summed E-state index contributed by atoms with van der Waals surface area (Å²) in [6.07, 6.45) is 4.71. The molecule has 3 aliphatic heterocycles. The summed E-state index contributed by atoms with van der Waals surface area (Å²) in [5.41, 5.74) is 3.36. The average molecular weight is 546 g/mol. The number of nitrogens with one attached hydrogen (secondary N) is 1. The number of nitriles is 1. The Hall–Kier alpha value is -3.12. The minimum Gasteiger partial charge on any atom is -0.462 e. The van der Waals surface area contributed by atoms with Crippen molar-refractivity contribution >= 4 is 33.9 Å². The molecule has 39 heavy (non-hydrogen) atoms. The lowest BCUT2D eigenvalue weighted by molar-refractivity contribution is 0.187. The molecular formula is C30H36ClN7O. The molecule has 3 aromatic rings. The van der Waals surface area contributed by atoms with E-state index in [0.29, 0.717) is 31.6 Å². The highest BCUT2D eigenvalue weighted by Crippen LogP contribution is 2.36. The Morgan fingerprint density at radius 1 is 1.10 bits per heavy atom. The maximum absolute atomic E-state index is 9.30. The number of nitrogens with zero attached hydrogens (tertiary/aromatic N) is 6. The van der Waals surface area contributed by atoms with Crippen LogP contribution in [0.1, 0.15) is 36.9 Å². The monoisotopic (exact) mass is 545 g/mol. The second-order valence-corrected chi connectivity index (χ2v) is 11.3. The largest absolute Gasteiger partial charge is 0.462 e. The van der Waals surface area contributed by atoms with Gasteiger partial charge in [-0.15, -0.1) is 0 Å². The standard InChI is InChI=1S/C30H36ClN7O/c1-36-15-4-8-23(36)20-39-30-34-26-19-37(27-11-3-7-21-6-2-10-25(31)28(21)27)16-5-9-24(26)29(35-30)38-17-14-33-22(18-38)12-13-32/h2-3,6-7,10-11,22-23,33H,4-5,8-9,12,14-20H2,1H3/t22-,23-/m0/s1. The summed E-state index contributed by atoms with van der Waals surface area (Å²) in [6, 6.07) is 15.8. The molecular weight excluding hydrogens is 510 g/mol. The van der Waals surface area contributed by atoms with Gasteiger partial charge in [0.05, 0.1) is 29.8 Å². The van der Waals surface area contributed by atoms with Crippen LogP contribution in [0.5, 0.6) is 6.01 Å². The van der Waals surface area contributed by atoms with E-state index in [1.54, 1.807) is 0 Å². The molecule has 0 spiro atoms. The maximum Gasteiger partial charge on any atom is 0.318 e. The highest BCUT2D eigenvalue weighted by molar-refractivity contribution is 6.36. The fourth-order valence-electron chi connectivity index (χ4n) is 6.29. The van der Waals surface area contributed by atoms with Gasteiger partial charge in [-0.3, -0.25) is 0 Å². The molecule has 0 bridgehead atoms. The predicted molar refractivity (Wildman–Crippen MR) is 156 cm³/mol. The number of anilines is 2. The molecule has 0 aliphatic carbocycles. The van der Waals surface area contributed by atoms with Crippen LogP contribution in [0, 0.1) is 11.3 Å². The van der Waals surface area contributed by atoms with Gasteiger partial charge in [-0.2, -0.15) is 15.2 Å². The molecule has 2 aromatic carbocycles. The minimum atomic E-state index is 0.131. The molecule has 1 aromatic heterocycles. The molecule has 4 heterocycles. The van der Waals surface area contributed by atoms with E-state index in [1.807, 2.05) is 12.1 Å². The van der Waals surface area contributed by atoms with Crippen molar-refractivity contribution < 1.29 is 4.74 Å². The fourth-order valence-corrected chi connectivity index (χ4v) is 6.56. The summed E-state index contributed by atoms with van der Waals surface area (Å²) in [5.74, 6) is 0.969. The Bertz CT molecular complexity index is 1370. The Balaban J connectivity index is 1.36. The molecule has 2 fully saturated rings. The van der Waals surface area contributed by atoms with E-state index in [2.05, 4.69) is 57.4 Å². The number of halogens is 1. The minimum absolute atomic E-state index is 0.131. The van der Waals surface area contributed by atoms with Crippen LogP contribution < -0.4 is 19.9 Å². The van der Waals surface area contributed by atoms with Crippen molar-refractivity contribution in [2.24, 2.45) is 0 Å². The van der Waals surface area contributed by atoms with E-state index in [0.717, 1.165) is 85.0 Å². The van der Waals surface area contributed by atoms with Crippen molar-refractivity contribution in [3.05, 3.63) is 52.7 Å². The van der Waals surface area contributed by atoms with Crippen LogP contribution in [0.4, 0.5) is 11.5 Å². The van der Waals surface area contributed by atoms with E-state index in [-0.39, 0.29) is 6.04 Å². The lowest BCUT2D eigenvalue weighted by Gasteiger charge is -2.35. The summed E-state index contributed by atoms with van der Waals surface area (Å²) in [6.45, 7) is 5.70. The van der Waals surface area contributed by atoms with E-state index in [1.165, 1.54) is 12.0 Å². The number of likely N-dealkylation sites (tertiary alicyclic amines) is 1. The van der Waals surface area contributed by atoms with Gasteiger partial charge in [0.25, 0.3) is 0 Å². The first-order valence-electron chi connectivity index (χ1n) is 14.1. The number of rotatable bonds is 6. The molecule has 204 valence electrons. The van der Waals surface area contributed by atoms with Gasteiger partial charge in [0.1, 0.15) is 12.4 Å². The van der Waals surface area contributed by atoms with Gasteiger partial charge in [0.15, 0.2) is 0 Å². The van der Waals surface area contributed by atoms with Crippen molar-refractivity contribution in [1.82, 2.24) is 20.2 Å². The molecule has 1 N–H and O–H groups in total. The zero-order valence-electron chi connectivity index (χ0n) is 22.6. The summed E-state index contributed by atoms with van der Waals surface area (Å²) in [5, 5.41) is 15.8. The smallest absolute Gasteiger partial charge is 0.318 e. The zero-order valence-corrected chi connectivity index (χ0v) is 23.3. The number of hydrogen-bond donors (Lipinski definition) is 1. The quantitative estimate of drug-likeness (QED) is 0.488. The number of ether oxygens (including phenoxy) is 1. The van der Waals surface area contributed by atoms with Crippen LogP contribution >= 0.6 is 11.6 Å². The van der Waals surface area contributed by atoms with Crippen molar-refractivity contribution in [3.8, 4) is 12.1 Å². The van der Waals surface area contributed by atoms with Gasteiger partial charge in [-0.05, 0) is 56.8 Å². The molecule has 9 heteroatoms. The summed E-state index contributed by atoms with van der Waals surface area (Å²) < 4.78 is 6.31. The first kappa shape index (κ1) is 26.1. The second kappa shape index (κ2) is 11.5. The second-order valence-electron chi connectivity index (χ2n) is 10.9. The number of likely N-dealkylation sites (N-methyl/N-ethyl adjacent to an activating group) is 1. The summed E-state index contributed by atoms with van der Waals surface area (Å²) in [7, 11) is 2.16. The molecule has 0 amide bonds. The Kier molecular flexibility index (Phi) is 7.73. The number of benzene rings is 2. The molecule has 0 radical (unpaired) electrons. The first-order valence-corrected chi connectivity index (χ1v) is 14.5. The molecule has 2 atom stereocenters. The molecule has 6 rings (SSSR count). The van der Waals surface area contributed by atoms with Gasteiger partial charge in [0, 0.05) is 54.9 Å². The Labute approximate surface area is 235 Å². The highest BCUT2D eigenvalue weighted by Gasteiger charge is 2.29. The van der Waals surface area contributed by atoms with Gasteiger partial charge < -0.3 is 24.8 Å². The zero-order chi connectivity index (χ0) is 26.8. The third kappa shape index (κ3) is 5.49. The van der Waals surface area contributed by atoms with Crippen molar-refractivity contribution in [1.29, 1.82) is 5.26 Å². The highest BCUT2D eigenvalue weighted by atomic mass is 35.5. The SMILES string of the molecule is CN1CCC[C@H]1COc1nc2c(c(N3CCN[C@@H](CC#N)C3)n1)CCCN(c1cccc3cccc(Cl)c13)C2. The van der Waals surface area contributed by atoms with Crippen LogP contribution in [0.3, 0.4) is 0 Å². The van der Waals surface area contributed by atoms with E-state index < -0.39 is 0 Å². The molecule has 0 saturated carbocycles. The van der Waals surface area contributed by atoms with Crippen molar-refractivity contribution in [3.63, 3.8) is 0 Å². The topological polar surface area (TPSA) is 80.5 Å². The van der Waals surface area contributed by atoms with Crippen LogP contribution in [0.2, 0.25) is 5.02 Å². The maximum atomic E-state index is 9.30. The number of piperazine rings is 1. The number of fused-ring (bicyclic) bond motifs is 2. The van der Waals surface area contributed by atoms with Crippen LogP contribution in [0.25, 0.3) is 10.8 Å². The normalized spacial score (nSPS) is 22.0. The fraction of sp³-hybridized carbons (Fsp3) is 0.500.